The molecular formula is C33H38F3N5O2. The zero-order valence-corrected chi connectivity index (χ0v) is 25.0. The standard InChI is InChI=1S/C33H38F3N5O2/c1-4-23-17-22(11-13-25(23)30(43)9-7-5-6-8-29(42)24-12-10-21(2)16-24)18-27-32-38-19-28(41(32)15-14-37-27)26-20-40(3)39-31(26)33(34,35)36/h11,13-15,17,19-21,24H,4-10,12,16,18H2,1-3H3/t21-,24-/m0/s1. The Labute approximate surface area is 249 Å². The molecular weight excluding hydrogens is 555 g/mol. The number of aromatic nitrogens is 5. The normalized spacial score (nSPS) is 17.2. The lowest BCUT2D eigenvalue weighted by Gasteiger charge is -2.11. The van der Waals surface area contributed by atoms with Crippen molar-refractivity contribution in [2.75, 3.05) is 0 Å². The van der Waals surface area contributed by atoms with Gasteiger partial charge in [0.2, 0.25) is 0 Å². The van der Waals surface area contributed by atoms with E-state index in [1.165, 1.54) is 19.4 Å². The van der Waals surface area contributed by atoms with Crippen LogP contribution in [0.3, 0.4) is 0 Å². The third-order valence-electron chi connectivity index (χ3n) is 8.57. The van der Waals surface area contributed by atoms with Gasteiger partial charge in [-0.25, -0.2) is 4.98 Å². The number of rotatable bonds is 12. The lowest BCUT2D eigenvalue weighted by atomic mass is 9.94. The van der Waals surface area contributed by atoms with E-state index in [1.807, 2.05) is 25.1 Å². The van der Waals surface area contributed by atoms with Gasteiger partial charge in [-0.3, -0.25) is 23.7 Å². The van der Waals surface area contributed by atoms with Crippen molar-refractivity contribution in [3.63, 3.8) is 0 Å². The lowest BCUT2D eigenvalue weighted by Crippen LogP contribution is -2.11. The minimum Gasteiger partial charge on any atom is -0.299 e. The summed E-state index contributed by atoms with van der Waals surface area (Å²) >= 11 is 0. The number of halogens is 3. The van der Waals surface area contributed by atoms with Crippen molar-refractivity contribution >= 4 is 17.2 Å². The molecule has 0 N–H and O–H groups in total. The molecule has 0 radical (unpaired) electrons. The number of carbonyl (C=O) groups excluding carboxylic acids is 2. The summed E-state index contributed by atoms with van der Waals surface area (Å²) in [5.41, 5.74) is 2.97. The van der Waals surface area contributed by atoms with Gasteiger partial charge in [0, 0.05) is 56.4 Å². The van der Waals surface area contributed by atoms with Crippen LogP contribution in [0.2, 0.25) is 0 Å². The first-order valence-electron chi connectivity index (χ1n) is 15.1. The number of hydrogen-bond acceptors (Lipinski definition) is 5. The van der Waals surface area contributed by atoms with Crippen LogP contribution in [0.4, 0.5) is 13.2 Å². The summed E-state index contributed by atoms with van der Waals surface area (Å²) in [7, 11) is 1.45. The van der Waals surface area contributed by atoms with E-state index in [2.05, 4.69) is 22.0 Å². The van der Waals surface area contributed by atoms with Crippen LogP contribution < -0.4 is 0 Å². The molecule has 228 valence electrons. The molecule has 10 heteroatoms. The fourth-order valence-electron chi connectivity index (χ4n) is 6.30. The highest BCUT2D eigenvalue weighted by atomic mass is 19.4. The molecule has 1 aromatic carbocycles. The van der Waals surface area contributed by atoms with Gasteiger partial charge in [0.25, 0.3) is 0 Å². The Kier molecular flexibility index (Phi) is 9.13. The van der Waals surface area contributed by atoms with Crippen LogP contribution in [-0.2, 0) is 30.9 Å². The zero-order valence-electron chi connectivity index (χ0n) is 25.0. The smallest absolute Gasteiger partial charge is 0.299 e. The third-order valence-corrected chi connectivity index (χ3v) is 8.57. The molecule has 7 nitrogen and oxygen atoms in total. The molecule has 2 atom stereocenters. The zero-order chi connectivity index (χ0) is 30.7. The number of carbonyl (C=O) groups is 2. The molecule has 43 heavy (non-hydrogen) atoms. The second-order valence-electron chi connectivity index (χ2n) is 11.9. The first kappa shape index (κ1) is 30.6. The van der Waals surface area contributed by atoms with E-state index < -0.39 is 11.9 Å². The summed E-state index contributed by atoms with van der Waals surface area (Å²) in [6, 6.07) is 5.78. The number of alkyl halides is 3. The van der Waals surface area contributed by atoms with E-state index in [0.29, 0.717) is 54.3 Å². The molecule has 5 rings (SSSR count). The summed E-state index contributed by atoms with van der Waals surface area (Å²) in [5.74, 6) is 1.39. The van der Waals surface area contributed by atoms with Gasteiger partial charge in [-0.2, -0.15) is 18.3 Å². The van der Waals surface area contributed by atoms with Crippen molar-refractivity contribution in [1.29, 1.82) is 0 Å². The Morgan fingerprint density at radius 2 is 1.86 bits per heavy atom. The Hall–Kier alpha value is -3.82. The summed E-state index contributed by atoms with van der Waals surface area (Å²) in [6.07, 6.45) is 9.14. The number of aryl methyl sites for hydroxylation is 2. The van der Waals surface area contributed by atoms with Crippen molar-refractivity contribution in [3.8, 4) is 11.3 Å². The summed E-state index contributed by atoms with van der Waals surface area (Å²) in [4.78, 5) is 34.4. The third kappa shape index (κ3) is 6.89. The highest BCUT2D eigenvalue weighted by Crippen LogP contribution is 2.36. The summed E-state index contributed by atoms with van der Waals surface area (Å²) < 4.78 is 43.6. The quantitative estimate of drug-likeness (QED) is 0.126. The largest absolute Gasteiger partial charge is 0.435 e. The fourth-order valence-corrected chi connectivity index (χ4v) is 6.30. The second kappa shape index (κ2) is 12.8. The van der Waals surface area contributed by atoms with E-state index in [-0.39, 0.29) is 23.0 Å². The van der Waals surface area contributed by atoms with Gasteiger partial charge in [-0.1, -0.05) is 38.5 Å². The van der Waals surface area contributed by atoms with Gasteiger partial charge in [-0.15, -0.1) is 0 Å². The molecule has 0 unspecified atom stereocenters. The highest BCUT2D eigenvalue weighted by Gasteiger charge is 2.38. The van der Waals surface area contributed by atoms with Gasteiger partial charge in [-0.05, 0) is 55.6 Å². The van der Waals surface area contributed by atoms with Crippen LogP contribution in [0, 0.1) is 11.8 Å². The number of imidazole rings is 1. The van der Waals surface area contributed by atoms with E-state index in [1.54, 1.807) is 16.8 Å². The van der Waals surface area contributed by atoms with E-state index >= 15 is 0 Å². The Morgan fingerprint density at radius 3 is 2.58 bits per heavy atom. The Balaban J connectivity index is 1.24. The SMILES string of the molecule is CCc1cc(Cc2nccn3c(-c4cn(C)nc4C(F)(F)F)cnc23)ccc1C(=O)CCCCCC(=O)[C@H]1CC[C@H](C)C1. The van der Waals surface area contributed by atoms with Crippen molar-refractivity contribution in [2.45, 2.75) is 84.2 Å². The van der Waals surface area contributed by atoms with Crippen molar-refractivity contribution in [3.05, 3.63) is 71.1 Å². The maximum atomic E-state index is 13.6. The maximum Gasteiger partial charge on any atom is 0.435 e. The first-order valence-corrected chi connectivity index (χ1v) is 15.1. The topological polar surface area (TPSA) is 82.2 Å². The van der Waals surface area contributed by atoms with Gasteiger partial charge in [0.1, 0.15) is 5.78 Å². The number of benzene rings is 1. The van der Waals surface area contributed by atoms with Crippen LogP contribution >= 0.6 is 0 Å². The molecule has 3 heterocycles. The average Bonchev–Trinajstić information content (AvgIpc) is 3.70. The Bertz CT molecular complexity index is 1620. The first-order chi connectivity index (χ1) is 20.5. The van der Waals surface area contributed by atoms with Gasteiger partial charge < -0.3 is 0 Å². The summed E-state index contributed by atoms with van der Waals surface area (Å²) in [6.45, 7) is 4.22. The predicted octanol–water partition coefficient (Wildman–Crippen LogP) is 7.44. The molecule has 0 amide bonds. The molecule has 3 aromatic heterocycles. The summed E-state index contributed by atoms with van der Waals surface area (Å²) in [5, 5.41) is 3.62. The van der Waals surface area contributed by atoms with E-state index in [4.69, 9.17) is 0 Å². The number of fused-ring (bicyclic) bond motifs is 1. The van der Waals surface area contributed by atoms with Gasteiger partial charge in [0.15, 0.2) is 17.1 Å². The molecule has 0 saturated heterocycles. The van der Waals surface area contributed by atoms with Crippen LogP contribution in [0.5, 0.6) is 0 Å². The molecule has 0 aliphatic heterocycles. The van der Waals surface area contributed by atoms with Crippen LogP contribution in [0.1, 0.15) is 98.1 Å². The van der Waals surface area contributed by atoms with Crippen LogP contribution in [0.15, 0.2) is 43.0 Å². The molecule has 1 saturated carbocycles. The van der Waals surface area contributed by atoms with E-state index in [9.17, 15) is 22.8 Å². The molecule has 0 bridgehead atoms. The maximum absolute atomic E-state index is 13.6. The molecule has 0 spiro atoms. The predicted molar refractivity (Wildman–Crippen MR) is 158 cm³/mol. The van der Waals surface area contributed by atoms with E-state index in [0.717, 1.165) is 54.3 Å². The molecule has 1 aliphatic carbocycles. The van der Waals surface area contributed by atoms with Crippen LogP contribution in [0.25, 0.3) is 16.9 Å². The minimum absolute atomic E-state index is 0.0502. The number of nitrogens with zero attached hydrogens (tertiary/aromatic N) is 5. The lowest BCUT2D eigenvalue weighted by molar-refractivity contribution is -0.141. The second-order valence-corrected chi connectivity index (χ2v) is 11.9. The van der Waals surface area contributed by atoms with Gasteiger partial charge >= 0.3 is 6.18 Å². The van der Waals surface area contributed by atoms with Crippen molar-refractivity contribution in [1.82, 2.24) is 24.1 Å². The number of hydrogen-bond donors (Lipinski definition) is 0. The van der Waals surface area contributed by atoms with Crippen molar-refractivity contribution in [2.24, 2.45) is 18.9 Å². The molecule has 1 fully saturated rings. The average molecular weight is 594 g/mol. The number of unbranched alkanes of at least 4 members (excludes halogenated alkanes) is 2. The molecule has 1 aliphatic rings. The Morgan fingerprint density at radius 1 is 1.07 bits per heavy atom. The fraction of sp³-hybridized carbons (Fsp3) is 0.485. The monoisotopic (exact) mass is 593 g/mol. The minimum atomic E-state index is -4.60. The van der Waals surface area contributed by atoms with Crippen molar-refractivity contribution < 1.29 is 22.8 Å². The van der Waals surface area contributed by atoms with Crippen LogP contribution in [-0.4, -0.2) is 35.7 Å². The number of ketones is 2. The van der Waals surface area contributed by atoms with Gasteiger partial charge in [0.05, 0.1) is 23.1 Å². The number of Topliss-reactive ketones (excluding diaryl/α,β-unsaturated/α-hetero) is 2. The molecule has 4 aromatic rings. The highest BCUT2D eigenvalue weighted by molar-refractivity contribution is 5.97.